The number of carbonyl (C=O) groups is 2. The Balaban J connectivity index is 0.00000261. The number of nitrogens with zero attached hydrogens (tertiary/aromatic N) is 1. The van der Waals surface area contributed by atoms with Crippen molar-refractivity contribution in [3.8, 4) is 0 Å². The van der Waals surface area contributed by atoms with Crippen LogP contribution in [0.25, 0.3) is 0 Å². The molecule has 3 rings (SSSR count). The number of nitrogens with one attached hydrogen (secondary N) is 2. The molecule has 150 valence electrons. The van der Waals surface area contributed by atoms with Gasteiger partial charge < -0.3 is 15.5 Å². The largest absolute Gasteiger partial charge is 0.355 e. The summed E-state index contributed by atoms with van der Waals surface area (Å²) in [6.45, 7) is 2.77. The molecule has 1 aromatic rings. The number of benzene rings is 1. The Morgan fingerprint density at radius 2 is 2.15 bits per heavy atom. The van der Waals surface area contributed by atoms with Crippen LogP contribution in [0.1, 0.15) is 19.3 Å². The van der Waals surface area contributed by atoms with Crippen LogP contribution in [0.4, 0.5) is 5.69 Å². The first kappa shape index (κ1) is 21.6. The predicted octanol–water partition coefficient (Wildman–Crippen LogP) is 0.225. The lowest BCUT2D eigenvalue weighted by Crippen LogP contribution is -2.40. The Morgan fingerprint density at radius 1 is 1.37 bits per heavy atom. The molecule has 8 nitrogen and oxygen atoms in total. The third-order valence-corrected chi connectivity index (χ3v) is 5.83. The fourth-order valence-electron chi connectivity index (χ4n) is 3.45. The maximum absolute atomic E-state index is 12.4. The van der Waals surface area contributed by atoms with Crippen molar-refractivity contribution in [2.24, 2.45) is 17.0 Å². The highest BCUT2D eigenvalue weighted by Gasteiger charge is 2.35. The van der Waals surface area contributed by atoms with Crippen molar-refractivity contribution in [2.75, 3.05) is 31.1 Å². The third-order valence-electron chi connectivity index (χ3n) is 4.92. The summed E-state index contributed by atoms with van der Waals surface area (Å²) >= 11 is 0. The number of carbonyl (C=O) groups excluding carboxylic acids is 2. The number of hydrogen-bond donors (Lipinski definition) is 3. The van der Waals surface area contributed by atoms with E-state index in [1.807, 2.05) is 0 Å². The zero-order valence-corrected chi connectivity index (χ0v) is 16.5. The van der Waals surface area contributed by atoms with E-state index >= 15 is 0 Å². The molecule has 0 spiro atoms. The number of sulfonamides is 1. The van der Waals surface area contributed by atoms with E-state index in [4.69, 9.17) is 5.14 Å². The zero-order valence-electron chi connectivity index (χ0n) is 14.9. The summed E-state index contributed by atoms with van der Waals surface area (Å²) in [6.07, 6.45) is 2.31. The molecule has 2 aliphatic heterocycles. The van der Waals surface area contributed by atoms with Crippen LogP contribution in [-0.4, -0.2) is 46.4 Å². The van der Waals surface area contributed by atoms with Gasteiger partial charge in [0.15, 0.2) is 0 Å². The second-order valence-electron chi connectivity index (χ2n) is 6.91. The molecule has 2 unspecified atom stereocenters. The number of rotatable bonds is 5. The average molecular weight is 417 g/mol. The van der Waals surface area contributed by atoms with Gasteiger partial charge in [-0.2, -0.15) is 0 Å². The molecule has 0 aliphatic carbocycles. The number of primary sulfonamides is 1. The van der Waals surface area contributed by atoms with Crippen molar-refractivity contribution in [1.29, 1.82) is 0 Å². The van der Waals surface area contributed by atoms with Gasteiger partial charge in [0.1, 0.15) is 0 Å². The van der Waals surface area contributed by atoms with Gasteiger partial charge in [-0.3, -0.25) is 9.59 Å². The monoisotopic (exact) mass is 416 g/mol. The van der Waals surface area contributed by atoms with E-state index in [0.717, 1.165) is 25.9 Å². The summed E-state index contributed by atoms with van der Waals surface area (Å²) in [5.41, 5.74) is 0.438. The molecule has 10 heteroatoms. The second kappa shape index (κ2) is 9.01. The number of amides is 2. The molecular weight excluding hydrogens is 392 g/mol. The number of nitrogens with two attached hydrogens (primary N) is 1. The number of anilines is 1. The van der Waals surface area contributed by atoms with Crippen LogP contribution in [0.5, 0.6) is 0 Å². The lowest BCUT2D eigenvalue weighted by Gasteiger charge is -2.23. The van der Waals surface area contributed by atoms with Crippen molar-refractivity contribution in [2.45, 2.75) is 24.2 Å². The van der Waals surface area contributed by atoms with Crippen LogP contribution in [-0.2, 0) is 19.6 Å². The van der Waals surface area contributed by atoms with Crippen molar-refractivity contribution in [1.82, 2.24) is 10.6 Å². The highest BCUT2D eigenvalue weighted by molar-refractivity contribution is 7.89. The van der Waals surface area contributed by atoms with Gasteiger partial charge in [0.2, 0.25) is 21.8 Å². The highest BCUT2D eigenvalue weighted by atomic mass is 35.5. The van der Waals surface area contributed by atoms with E-state index in [-0.39, 0.29) is 42.1 Å². The molecule has 4 N–H and O–H groups in total. The normalized spacial score (nSPS) is 23.0. The molecule has 2 aliphatic rings. The molecule has 2 saturated heterocycles. The van der Waals surface area contributed by atoms with E-state index in [9.17, 15) is 18.0 Å². The fraction of sp³-hybridized carbons (Fsp3) is 0.529. The minimum atomic E-state index is -3.85. The van der Waals surface area contributed by atoms with Crippen LogP contribution >= 0.6 is 12.4 Å². The molecule has 2 atom stereocenters. The lowest BCUT2D eigenvalue weighted by atomic mass is 9.99. The summed E-state index contributed by atoms with van der Waals surface area (Å²) in [5, 5.41) is 11.4. The highest BCUT2D eigenvalue weighted by Crippen LogP contribution is 2.27. The minimum Gasteiger partial charge on any atom is -0.355 e. The van der Waals surface area contributed by atoms with Crippen LogP contribution in [0.2, 0.25) is 0 Å². The van der Waals surface area contributed by atoms with E-state index in [1.54, 1.807) is 6.07 Å². The van der Waals surface area contributed by atoms with Gasteiger partial charge in [0, 0.05) is 25.2 Å². The Morgan fingerprint density at radius 3 is 2.81 bits per heavy atom. The Kier molecular flexibility index (Phi) is 7.21. The van der Waals surface area contributed by atoms with Crippen LogP contribution < -0.4 is 20.7 Å². The van der Waals surface area contributed by atoms with E-state index in [1.165, 1.54) is 23.1 Å². The molecular formula is C17H25ClN4O4S. The maximum atomic E-state index is 12.4. The van der Waals surface area contributed by atoms with Gasteiger partial charge in [-0.15, -0.1) is 12.4 Å². The fourth-order valence-corrected chi connectivity index (χ4v) is 4.00. The van der Waals surface area contributed by atoms with Gasteiger partial charge in [0.25, 0.3) is 0 Å². The first-order valence-corrected chi connectivity index (χ1v) is 10.3. The molecule has 0 bridgehead atoms. The average Bonchev–Trinajstić information content (AvgIpc) is 3.02. The topological polar surface area (TPSA) is 122 Å². The third kappa shape index (κ3) is 5.41. The molecule has 2 fully saturated rings. The van der Waals surface area contributed by atoms with Gasteiger partial charge in [-0.25, -0.2) is 13.6 Å². The van der Waals surface area contributed by atoms with E-state index < -0.39 is 15.9 Å². The van der Waals surface area contributed by atoms with Crippen LogP contribution in [0.3, 0.4) is 0 Å². The molecule has 0 aromatic heterocycles. The SMILES string of the molecule is Cl.NS(=O)(=O)c1cccc(N2CC(C(=O)NCC3CCCNC3)CC2=O)c1. The van der Waals surface area contributed by atoms with Crippen LogP contribution in [0.15, 0.2) is 29.2 Å². The Hall–Kier alpha value is -1.68. The smallest absolute Gasteiger partial charge is 0.238 e. The van der Waals surface area contributed by atoms with Crippen molar-refractivity contribution >= 4 is 39.9 Å². The summed E-state index contributed by atoms with van der Waals surface area (Å²) in [6, 6.07) is 5.91. The molecule has 2 heterocycles. The Labute approximate surface area is 165 Å². The van der Waals surface area contributed by atoms with Gasteiger partial charge in [-0.1, -0.05) is 6.07 Å². The lowest BCUT2D eigenvalue weighted by molar-refractivity contribution is -0.126. The Bertz CT molecular complexity index is 796. The summed E-state index contributed by atoms with van der Waals surface area (Å²) < 4.78 is 23.0. The number of piperidine rings is 1. The van der Waals surface area contributed by atoms with Crippen LogP contribution in [0, 0.1) is 11.8 Å². The molecule has 2 amide bonds. The number of halogens is 1. The van der Waals surface area contributed by atoms with Crippen molar-refractivity contribution in [3.63, 3.8) is 0 Å². The number of hydrogen-bond acceptors (Lipinski definition) is 5. The molecule has 1 aromatic carbocycles. The first-order valence-electron chi connectivity index (χ1n) is 8.76. The second-order valence-corrected chi connectivity index (χ2v) is 8.47. The van der Waals surface area contributed by atoms with Crippen molar-refractivity contribution in [3.05, 3.63) is 24.3 Å². The minimum absolute atomic E-state index is 0. The molecule has 27 heavy (non-hydrogen) atoms. The summed E-state index contributed by atoms with van der Waals surface area (Å²) in [7, 11) is -3.85. The van der Waals surface area contributed by atoms with Gasteiger partial charge in [-0.05, 0) is 50.0 Å². The van der Waals surface area contributed by atoms with E-state index in [0.29, 0.717) is 18.2 Å². The van der Waals surface area contributed by atoms with Crippen molar-refractivity contribution < 1.29 is 18.0 Å². The van der Waals surface area contributed by atoms with Gasteiger partial charge >= 0.3 is 0 Å². The zero-order chi connectivity index (χ0) is 18.7. The maximum Gasteiger partial charge on any atom is 0.238 e. The summed E-state index contributed by atoms with van der Waals surface area (Å²) in [4.78, 5) is 26.1. The molecule has 0 saturated carbocycles. The standard InChI is InChI=1S/C17H24N4O4S.ClH/c18-26(24,25)15-5-1-4-14(8-15)21-11-13(7-16(21)22)17(23)20-10-12-3-2-6-19-9-12;/h1,4-5,8,12-13,19H,2-3,6-7,9-11H2,(H,20,23)(H2,18,24,25);1H. The quantitative estimate of drug-likeness (QED) is 0.634. The van der Waals surface area contributed by atoms with E-state index in [2.05, 4.69) is 10.6 Å². The predicted molar refractivity (Wildman–Crippen MR) is 104 cm³/mol. The van der Waals surface area contributed by atoms with Gasteiger partial charge in [0.05, 0.1) is 10.8 Å². The summed E-state index contributed by atoms with van der Waals surface area (Å²) in [5.74, 6) is -0.338. The first-order chi connectivity index (χ1) is 12.3. The molecule has 0 radical (unpaired) electrons.